The largest absolute Gasteiger partial charge is 0.457 e. The van der Waals surface area contributed by atoms with E-state index >= 15 is 0 Å². The fourth-order valence-electron chi connectivity index (χ4n) is 2.18. The molecule has 0 spiro atoms. The molecule has 0 aliphatic heterocycles. The van der Waals surface area contributed by atoms with Crippen molar-refractivity contribution in [3.05, 3.63) is 88.3 Å². The third kappa shape index (κ3) is 4.92. The number of carbonyl (C=O) groups is 2. The normalized spacial score (nSPS) is 11.1. The first-order valence-electron chi connectivity index (χ1n) is 7.99. The van der Waals surface area contributed by atoms with Crippen molar-refractivity contribution >= 4 is 33.5 Å². The molecule has 3 rings (SSSR count). The number of nitrogens with zero attached hydrogens (tertiary/aromatic N) is 1. The van der Waals surface area contributed by atoms with Crippen LogP contribution in [0.15, 0.2) is 80.9 Å². The predicted molar refractivity (Wildman–Crippen MR) is 104 cm³/mol. The molecule has 6 nitrogen and oxygen atoms in total. The van der Waals surface area contributed by atoms with Gasteiger partial charge >= 0.3 is 5.97 Å². The van der Waals surface area contributed by atoms with Crippen LogP contribution in [0.5, 0.6) is 5.75 Å². The van der Waals surface area contributed by atoms with E-state index in [4.69, 9.17) is 9.15 Å². The molecule has 0 bridgehead atoms. The van der Waals surface area contributed by atoms with Crippen LogP contribution in [0.4, 0.5) is 0 Å². The molecule has 136 valence electrons. The van der Waals surface area contributed by atoms with Gasteiger partial charge in [-0.25, -0.2) is 10.2 Å². The molecule has 0 aliphatic carbocycles. The molecule has 27 heavy (non-hydrogen) atoms. The van der Waals surface area contributed by atoms with Gasteiger partial charge in [0.25, 0.3) is 5.91 Å². The first-order chi connectivity index (χ1) is 13.0. The van der Waals surface area contributed by atoms with Gasteiger partial charge < -0.3 is 9.15 Å². The van der Waals surface area contributed by atoms with Gasteiger partial charge in [0, 0.05) is 10.0 Å². The number of halogens is 1. The number of esters is 1. The van der Waals surface area contributed by atoms with Crippen LogP contribution in [0.25, 0.3) is 0 Å². The molecule has 1 heterocycles. The summed E-state index contributed by atoms with van der Waals surface area (Å²) in [4.78, 5) is 24.0. The summed E-state index contributed by atoms with van der Waals surface area (Å²) in [6.07, 6.45) is 1.39. The molecule has 1 aromatic heterocycles. The lowest BCUT2D eigenvalue weighted by Gasteiger charge is -2.05. The Morgan fingerprint density at radius 3 is 2.30 bits per heavy atom. The van der Waals surface area contributed by atoms with E-state index in [0.717, 1.165) is 10.0 Å². The fourth-order valence-corrected chi connectivity index (χ4v) is 2.45. The van der Waals surface area contributed by atoms with Crippen molar-refractivity contribution in [1.82, 2.24) is 5.43 Å². The molecule has 7 heteroatoms. The topological polar surface area (TPSA) is 80.9 Å². The first-order valence-corrected chi connectivity index (χ1v) is 8.78. The van der Waals surface area contributed by atoms with Crippen molar-refractivity contribution in [3.8, 4) is 5.75 Å². The van der Waals surface area contributed by atoms with Gasteiger partial charge in [0.1, 0.15) is 5.75 Å². The van der Waals surface area contributed by atoms with Crippen LogP contribution >= 0.6 is 15.9 Å². The van der Waals surface area contributed by atoms with E-state index in [-0.39, 0.29) is 11.7 Å². The minimum Gasteiger partial charge on any atom is -0.457 e. The Kier molecular flexibility index (Phi) is 5.83. The Hall–Kier alpha value is -3.19. The summed E-state index contributed by atoms with van der Waals surface area (Å²) in [5.41, 5.74) is 4.48. The van der Waals surface area contributed by atoms with Gasteiger partial charge in [-0.05, 0) is 61.0 Å². The summed E-state index contributed by atoms with van der Waals surface area (Å²) >= 11 is 3.37. The second kappa shape index (κ2) is 8.46. The Labute approximate surface area is 164 Å². The van der Waals surface area contributed by atoms with Gasteiger partial charge in [0.2, 0.25) is 5.76 Å². The Balaban J connectivity index is 1.61. The predicted octanol–water partition coefficient (Wildman–Crippen LogP) is 4.42. The average Bonchev–Trinajstić information content (AvgIpc) is 3.22. The molecule has 2 aromatic carbocycles. The van der Waals surface area contributed by atoms with E-state index in [0.29, 0.717) is 17.0 Å². The van der Waals surface area contributed by atoms with Crippen molar-refractivity contribution in [1.29, 1.82) is 0 Å². The summed E-state index contributed by atoms with van der Waals surface area (Å²) < 4.78 is 11.1. The van der Waals surface area contributed by atoms with Crippen LogP contribution in [-0.4, -0.2) is 17.6 Å². The van der Waals surface area contributed by atoms with Crippen LogP contribution in [0, 0.1) is 0 Å². The van der Waals surface area contributed by atoms with Crippen LogP contribution < -0.4 is 10.2 Å². The third-order valence-corrected chi connectivity index (χ3v) is 4.17. The number of furan rings is 1. The summed E-state index contributed by atoms with van der Waals surface area (Å²) in [5, 5.41) is 4.11. The zero-order valence-corrected chi connectivity index (χ0v) is 15.9. The van der Waals surface area contributed by atoms with Crippen LogP contribution in [0.3, 0.4) is 0 Å². The summed E-state index contributed by atoms with van der Waals surface area (Å²) in [6, 6.07) is 16.9. The Morgan fingerprint density at radius 2 is 1.67 bits per heavy atom. The molecule has 0 saturated heterocycles. The van der Waals surface area contributed by atoms with Gasteiger partial charge in [-0.2, -0.15) is 5.10 Å². The van der Waals surface area contributed by atoms with Gasteiger partial charge in [-0.1, -0.05) is 28.1 Å². The molecule has 3 aromatic rings. The highest BCUT2D eigenvalue weighted by atomic mass is 79.9. The number of nitrogens with one attached hydrogen (secondary N) is 1. The van der Waals surface area contributed by atoms with E-state index in [2.05, 4.69) is 26.5 Å². The molecular weight excluding hydrogens is 412 g/mol. The molecule has 1 N–H and O–H groups in total. The van der Waals surface area contributed by atoms with Crippen molar-refractivity contribution in [2.45, 2.75) is 6.92 Å². The second-order valence-corrected chi connectivity index (χ2v) is 6.45. The van der Waals surface area contributed by atoms with Gasteiger partial charge in [0.05, 0.1) is 12.0 Å². The monoisotopic (exact) mass is 426 g/mol. The minimum absolute atomic E-state index is 0.106. The van der Waals surface area contributed by atoms with E-state index in [1.165, 1.54) is 24.5 Å². The minimum atomic E-state index is -0.605. The van der Waals surface area contributed by atoms with E-state index in [1.807, 2.05) is 24.3 Å². The Bertz CT molecular complexity index is 962. The van der Waals surface area contributed by atoms with E-state index < -0.39 is 5.97 Å². The fraction of sp³-hybridized carbons (Fsp3) is 0.0500. The first kappa shape index (κ1) is 18.6. The summed E-state index contributed by atoms with van der Waals surface area (Å²) in [6.45, 7) is 1.81. The van der Waals surface area contributed by atoms with Gasteiger partial charge in [0.15, 0.2) is 0 Å². The van der Waals surface area contributed by atoms with Crippen LogP contribution in [0.2, 0.25) is 0 Å². The number of rotatable bonds is 5. The lowest BCUT2D eigenvalue weighted by molar-refractivity contribution is 0.0701. The van der Waals surface area contributed by atoms with Gasteiger partial charge in [-0.3, -0.25) is 4.79 Å². The number of hydrogen-bond donors (Lipinski definition) is 1. The van der Waals surface area contributed by atoms with Crippen LogP contribution in [-0.2, 0) is 0 Å². The summed E-state index contributed by atoms with van der Waals surface area (Å²) in [7, 11) is 0. The second-order valence-electron chi connectivity index (χ2n) is 5.54. The highest BCUT2D eigenvalue weighted by Gasteiger charge is 2.12. The number of amides is 1. The molecule has 0 radical (unpaired) electrons. The highest BCUT2D eigenvalue weighted by Crippen LogP contribution is 2.15. The summed E-state index contributed by atoms with van der Waals surface area (Å²) in [5.74, 6) is -0.556. The zero-order valence-electron chi connectivity index (χ0n) is 14.3. The zero-order chi connectivity index (χ0) is 19.2. The van der Waals surface area contributed by atoms with E-state index in [9.17, 15) is 9.59 Å². The molecule has 0 fully saturated rings. The van der Waals surface area contributed by atoms with Crippen molar-refractivity contribution in [2.24, 2.45) is 5.10 Å². The standard InChI is InChI=1S/C20H15BrN2O4/c1-13(14-4-8-16(21)9-5-14)22-23-19(24)15-6-10-17(11-7-15)27-20(25)18-3-2-12-26-18/h2-12H,1H3,(H,23,24)/b22-13-. The van der Waals surface area contributed by atoms with Crippen LogP contribution in [0.1, 0.15) is 33.4 Å². The average molecular weight is 427 g/mol. The molecule has 0 saturated carbocycles. The number of benzene rings is 2. The molecular formula is C20H15BrN2O4. The molecule has 0 atom stereocenters. The molecule has 0 unspecified atom stereocenters. The smallest absolute Gasteiger partial charge is 0.379 e. The number of hydrogen-bond acceptors (Lipinski definition) is 5. The lowest BCUT2D eigenvalue weighted by Crippen LogP contribution is -2.19. The SMILES string of the molecule is C/C(=N/NC(=O)c1ccc(OC(=O)c2ccco2)cc1)c1ccc(Br)cc1. The molecule has 1 amide bonds. The maximum atomic E-state index is 12.2. The number of ether oxygens (including phenoxy) is 1. The quantitative estimate of drug-likeness (QED) is 0.283. The number of carbonyl (C=O) groups excluding carboxylic acids is 2. The maximum Gasteiger partial charge on any atom is 0.379 e. The van der Waals surface area contributed by atoms with E-state index in [1.54, 1.807) is 25.1 Å². The van der Waals surface area contributed by atoms with Crippen molar-refractivity contribution in [2.75, 3.05) is 0 Å². The van der Waals surface area contributed by atoms with Crippen molar-refractivity contribution in [3.63, 3.8) is 0 Å². The van der Waals surface area contributed by atoms with Crippen molar-refractivity contribution < 1.29 is 18.7 Å². The third-order valence-electron chi connectivity index (χ3n) is 3.64. The Morgan fingerprint density at radius 1 is 1.00 bits per heavy atom. The maximum absolute atomic E-state index is 12.2. The highest BCUT2D eigenvalue weighted by molar-refractivity contribution is 9.10. The lowest BCUT2D eigenvalue weighted by atomic mass is 10.1. The number of hydrazone groups is 1. The molecule has 0 aliphatic rings. The van der Waals surface area contributed by atoms with Gasteiger partial charge in [-0.15, -0.1) is 0 Å².